The minimum Gasteiger partial charge on any atom is -0.313 e. The Hall–Kier alpha value is -0.610. The molecule has 2 rings (SSSR count). The smallest absolute Gasteiger partial charge is 0.0409 e. The Kier molecular flexibility index (Phi) is 6.06. The minimum absolute atomic E-state index is 0.369. The van der Waals surface area contributed by atoms with Crippen LogP contribution in [0.2, 0.25) is 5.02 Å². The van der Waals surface area contributed by atoms with E-state index in [1.807, 2.05) is 19.2 Å². The van der Waals surface area contributed by atoms with Crippen LogP contribution in [0.3, 0.4) is 0 Å². The molecule has 21 heavy (non-hydrogen) atoms. The van der Waals surface area contributed by atoms with Gasteiger partial charge in [0.25, 0.3) is 0 Å². The molecule has 0 saturated carbocycles. The third-order valence-electron chi connectivity index (χ3n) is 4.77. The van der Waals surface area contributed by atoms with Crippen LogP contribution in [-0.2, 0) is 0 Å². The fourth-order valence-electron chi connectivity index (χ4n) is 3.21. The number of halogens is 1. The summed E-state index contributed by atoms with van der Waals surface area (Å²) in [5, 5.41) is 4.24. The van der Waals surface area contributed by atoms with E-state index >= 15 is 0 Å². The van der Waals surface area contributed by atoms with E-state index in [1.54, 1.807) is 0 Å². The van der Waals surface area contributed by atoms with Crippen molar-refractivity contribution < 1.29 is 0 Å². The summed E-state index contributed by atoms with van der Waals surface area (Å²) in [7, 11) is 4.26. The van der Waals surface area contributed by atoms with Crippen molar-refractivity contribution in [3.05, 3.63) is 34.9 Å². The SMILES string of the molecule is CNC(CCN1CC(C)N(C)C(C)C1)c1cccc(Cl)c1. The normalized spacial score (nSPS) is 26.0. The van der Waals surface area contributed by atoms with Gasteiger partial charge in [0.05, 0.1) is 0 Å². The highest BCUT2D eigenvalue weighted by Gasteiger charge is 2.26. The molecule has 3 atom stereocenters. The molecule has 1 aromatic carbocycles. The lowest BCUT2D eigenvalue weighted by molar-refractivity contribution is 0.0579. The minimum atomic E-state index is 0.369. The Morgan fingerprint density at radius 2 is 1.95 bits per heavy atom. The zero-order valence-corrected chi connectivity index (χ0v) is 14.4. The van der Waals surface area contributed by atoms with Gasteiger partial charge < -0.3 is 10.2 Å². The largest absolute Gasteiger partial charge is 0.313 e. The number of hydrogen-bond donors (Lipinski definition) is 1. The van der Waals surface area contributed by atoms with Gasteiger partial charge in [-0.05, 0) is 52.1 Å². The van der Waals surface area contributed by atoms with Crippen LogP contribution in [-0.4, -0.2) is 55.6 Å². The third kappa shape index (κ3) is 4.43. The lowest BCUT2D eigenvalue weighted by Gasteiger charge is -2.42. The maximum absolute atomic E-state index is 6.11. The molecule has 1 heterocycles. The molecule has 3 unspecified atom stereocenters. The monoisotopic (exact) mass is 309 g/mol. The summed E-state index contributed by atoms with van der Waals surface area (Å²) in [6.07, 6.45) is 1.11. The molecule has 0 radical (unpaired) electrons. The summed E-state index contributed by atoms with van der Waals surface area (Å²) >= 11 is 6.11. The van der Waals surface area contributed by atoms with E-state index < -0.39 is 0 Å². The first-order chi connectivity index (χ1) is 10.0. The van der Waals surface area contributed by atoms with E-state index in [0.717, 1.165) is 31.1 Å². The first kappa shape index (κ1) is 16.8. The van der Waals surface area contributed by atoms with Crippen LogP contribution >= 0.6 is 11.6 Å². The first-order valence-electron chi connectivity index (χ1n) is 7.88. The molecule has 1 saturated heterocycles. The Morgan fingerprint density at radius 1 is 1.29 bits per heavy atom. The van der Waals surface area contributed by atoms with E-state index in [9.17, 15) is 0 Å². The molecule has 0 aromatic heterocycles. The lowest BCUT2D eigenvalue weighted by atomic mass is 10.0. The molecule has 1 fully saturated rings. The molecule has 0 bridgehead atoms. The summed E-state index contributed by atoms with van der Waals surface area (Å²) in [6, 6.07) is 9.82. The van der Waals surface area contributed by atoms with Gasteiger partial charge in [0.1, 0.15) is 0 Å². The topological polar surface area (TPSA) is 18.5 Å². The van der Waals surface area contributed by atoms with Gasteiger partial charge in [0.15, 0.2) is 0 Å². The molecule has 1 aromatic rings. The number of nitrogens with one attached hydrogen (secondary N) is 1. The van der Waals surface area contributed by atoms with Gasteiger partial charge in [-0.15, -0.1) is 0 Å². The quantitative estimate of drug-likeness (QED) is 0.902. The summed E-state index contributed by atoms with van der Waals surface area (Å²) in [4.78, 5) is 5.06. The zero-order valence-electron chi connectivity index (χ0n) is 13.6. The molecule has 1 N–H and O–H groups in total. The van der Waals surface area contributed by atoms with Crippen LogP contribution < -0.4 is 5.32 Å². The number of likely N-dealkylation sites (N-methyl/N-ethyl adjacent to an activating group) is 1. The van der Waals surface area contributed by atoms with Crippen molar-refractivity contribution in [2.45, 2.75) is 38.4 Å². The molecular formula is C17H28ClN3. The van der Waals surface area contributed by atoms with Crippen molar-refractivity contribution in [3.8, 4) is 0 Å². The van der Waals surface area contributed by atoms with Crippen LogP contribution in [0.25, 0.3) is 0 Å². The second kappa shape index (κ2) is 7.59. The summed E-state index contributed by atoms with van der Waals surface area (Å²) in [5.74, 6) is 0. The molecule has 4 heteroatoms. The van der Waals surface area contributed by atoms with Crippen LogP contribution in [0.15, 0.2) is 24.3 Å². The average molecular weight is 310 g/mol. The van der Waals surface area contributed by atoms with E-state index in [2.05, 4.69) is 48.1 Å². The van der Waals surface area contributed by atoms with Crippen LogP contribution in [0.1, 0.15) is 31.9 Å². The van der Waals surface area contributed by atoms with Crippen molar-refractivity contribution in [2.24, 2.45) is 0 Å². The molecular weight excluding hydrogens is 282 g/mol. The Balaban J connectivity index is 1.91. The Labute approximate surface area is 134 Å². The first-order valence-corrected chi connectivity index (χ1v) is 8.26. The standard InChI is InChI=1S/C17H28ClN3/c1-13-11-21(12-14(2)20(13)4)9-8-17(19-3)15-6-5-7-16(18)10-15/h5-7,10,13-14,17,19H,8-9,11-12H2,1-4H3. The van der Waals surface area contributed by atoms with Crippen molar-refractivity contribution in [1.29, 1.82) is 0 Å². The number of benzene rings is 1. The molecule has 3 nitrogen and oxygen atoms in total. The predicted octanol–water partition coefficient (Wildman–Crippen LogP) is 3.02. The van der Waals surface area contributed by atoms with Crippen molar-refractivity contribution in [1.82, 2.24) is 15.1 Å². The van der Waals surface area contributed by atoms with Crippen molar-refractivity contribution >= 4 is 11.6 Å². The Bertz CT molecular complexity index is 439. The van der Waals surface area contributed by atoms with Crippen LogP contribution in [0, 0.1) is 0 Å². The van der Waals surface area contributed by atoms with Gasteiger partial charge in [-0.3, -0.25) is 4.90 Å². The maximum Gasteiger partial charge on any atom is 0.0409 e. The number of rotatable bonds is 5. The molecule has 1 aliphatic rings. The molecule has 1 aliphatic heterocycles. The van der Waals surface area contributed by atoms with Gasteiger partial charge in [-0.2, -0.15) is 0 Å². The second-order valence-electron chi connectivity index (χ2n) is 6.31. The summed E-state index contributed by atoms with van der Waals surface area (Å²) in [6.45, 7) is 8.07. The fraction of sp³-hybridized carbons (Fsp3) is 0.647. The van der Waals surface area contributed by atoms with Crippen LogP contribution in [0.4, 0.5) is 0 Å². The van der Waals surface area contributed by atoms with E-state index in [0.29, 0.717) is 18.1 Å². The fourth-order valence-corrected chi connectivity index (χ4v) is 3.41. The second-order valence-corrected chi connectivity index (χ2v) is 6.74. The highest BCUT2D eigenvalue weighted by Crippen LogP contribution is 2.21. The van der Waals surface area contributed by atoms with Gasteiger partial charge in [-0.25, -0.2) is 0 Å². The number of hydrogen-bond acceptors (Lipinski definition) is 3. The number of piperazine rings is 1. The summed E-state index contributed by atoms with van der Waals surface area (Å²) in [5.41, 5.74) is 1.28. The lowest BCUT2D eigenvalue weighted by Crippen LogP contribution is -2.55. The van der Waals surface area contributed by atoms with E-state index in [1.165, 1.54) is 5.56 Å². The van der Waals surface area contributed by atoms with Crippen molar-refractivity contribution in [2.75, 3.05) is 33.7 Å². The van der Waals surface area contributed by atoms with Gasteiger partial charge in [0.2, 0.25) is 0 Å². The average Bonchev–Trinajstić information content (AvgIpc) is 2.45. The van der Waals surface area contributed by atoms with Gasteiger partial charge in [-0.1, -0.05) is 23.7 Å². The number of nitrogens with zero attached hydrogens (tertiary/aromatic N) is 2. The zero-order chi connectivity index (χ0) is 15.4. The van der Waals surface area contributed by atoms with E-state index in [4.69, 9.17) is 11.6 Å². The Morgan fingerprint density at radius 3 is 2.52 bits per heavy atom. The maximum atomic E-state index is 6.11. The molecule has 0 aliphatic carbocycles. The van der Waals surface area contributed by atoms with Gasteiger partial charge in [0, 0.05) is 42.8 Å². The van der Waals surface area contributed by atoms with Gasteiger partial charge >= 0.3 is 0 Å². The van der Waals surface area contributed by atoms with Crippen molar-refractivity contribution in [3.63, 3.8) is 0 Å². The predicted molar refractivity (Wildman–Crippen MR) is 91.0 cm³/mol. The van der Waals surface area contributed by atoms with E-state index in [-0.39, 0.29) is 0 Å². The molecule has 0 amide bonds. The van der Waals surface area contributed by atoms with Crippen LogP contribution in [0.5, 0.6) is 0 Å². The third-order valence-corrected chi connectivity index (χ3v) is 5.00. The highest BCUT2D eigenvalue weighted by atomic mass is 35.5. The molecule has 118 valence electrons. The molecule has 0 spiro atoms. The summed E-state index contributed by atoms with van der Waals surface area (Å²) < 4.78 is 0. The highest BCUT2D eigenvalue weighted by molar-refractivity contribution is 6.30.